The summed E-state index contributed by atoms with van der Waals surface area (Å²) in [5, 5.41) is 19.4. The number of imidazole rings is 1. The summed E-state index contributed by atoms with van der Waals surface area (Å²) in [5.41, 5.74) is -1.63. The van der Waals surface area contributed by atoms with Crippen molar-refractivity contribution >= 4 is 17.5 Å². The number of piperazine rings is 1. The summed E-state index contributed by atoms with van der Waals surface area (Å²) in [7, 11) is 0. The highest BCUT2D eigenvalue weighted by atomic mass is 19.4. The molecule has 0 radical (unpaired) electrons. The minimum atomic E-state index is -4.69. The minimum absolute atomic E-state index is 0.00481. The molecule has 2 amide bonds. The van der Waals surface area contributed by atoms with Crippen LogP contribution in [-0.4, -0.2) is 67.9 Å². The molecule has 5 rings (SSSR count). The number of alkyl halides is 3. The van der Waals surface area contributed by atoms with E-state index in [0.717, 1.165) is 23.3 Å². The van der Waals surface area contributed by atoms with Gasteiger partial charge in [-0.15, -0.1) is 0 Å². The number of carbonyl (C=O) groups excluding carboxylic acids is 2. The van der Waals surface area contributed by atoms with Gasteiger partial charge in [0.15, 0.2) is 17.0 Å². The lowest BCUT2D eigenvalue weighted by molar-refractivity contribution is -0.139. The first kappa shape index (κ1) is 22.7. The molecule has 3 fully saturated rings. The number of amides is 2. The number of rotatable bonds is 3. The van der Waals surface area contributed by atoms with Crippen molar-refractivity contribution in [3.63, 3.8) is 0 Å². The van der Waals surface area contributed by atoms with Crippen LogP contribution in [0.5, 0.6) is 0 Å². The zero-order valence-corrected chi connectivity index (χ0v) is 18.4. The van der Waals surface area contributed by atoms with Gasteiger partial charge in [0.2, 0.25) is 5.91 Å². The van der Waals surface area contributed by atoms with Gasteiger partial charge in [-0.05, 0) is 56.1 Å². The monoisotopic (exact) mass is 475 g/mol. The van der Waals surface area contributed by atoms with Crippen molar-refractivity contribution in [2.75, 3.05) is 19.6 Å². The molecule has 180 valence electrons. The topological polar surface area (TPSA) is 102 Å². The molecule has 2 aromatic heterocycles. The normalized spacial score (nSPS) is 23.9. The van der Waals surface area contributed by atoms with Crippen LogP contribution in [0.15, 0.2) is 12.3 Å². The Labute approximate surface area is 193 Å². The summed E-state index contributed by atoms with van der Waals surface area (Å²) in [6.45, 7) is 0.262. The van der Waals surface area contributed by atoms with Crippen molar-refractivity contribution in [2.24, 2.45) is 0 Å². The lowest BCUT2D eigenvalue weighted by Crippen LogP contribution is -2.56. The fourth-order valence-corrected chi connectivity index (χ4v) is 5.04. The van der Waals surface area contributed by atoms with Gasteiger partial charge in [0, 0.05) is 25.3 Å². The number of aliphatic hydroxyl groups excluding tert-OH is 1. The van der Waals surface area contributed by atoms with E-state index in [4.69, 9.17) is 0 Å². The molecule has 1 N–H and O–H groups in total. The number of nitrogens with zero attached hydrogens (tertiary/aromatic N) is 5. The van der Waals surface area contributed by atoms with Gasteiger partial charge >= 0.3 is 6.18 Å². The number of carbonyl (C=O) groups is 2. The van der Waals surface area contributed by atoms with Crippen LogP contribution in [0, 0.1) is 11.3 Å². The van der Waals surface area contributed by atoms with Crippen molar-refractivity contribution in [1.82, 2.24) is 19.2 Å². The number of pyridine rings is 1. The van der Waals surface area contributed by atoms with E-state index in [2.05, 4.69) is 4.98 Å². The van der Waals surface area contributed by atoms with Crippen molar-refractivity contribution < 1.29 is 27.9 Å². The Morgan fingerprint density at radius 2 is 1.85 bits per heavy atom. The van der Waals surface area contributed by atoms with Crippen molar-refractivity contribution in [3.05, 3.63) is 34.8 Å². The first-order valence-corrected chi connectivity index (χ1v) is 11.5. The van der Waals surface area contributed by atoms with Gasteiger partial charge in [-0.1, -0.05) is 0 Å². The number of halogens is 3. The quantitative estimate of drug-likeness (QED) is 0.736. The Balaban J connectivity index is 1.44. The standard InChI is InChI=1S/C23H24F3N5O3/c24-23(25,26)17-9-14(13-1-2-13)11-31-18(10-27)20(28-21(17)31)22(34)29-7-8-30(19(33)12-29)15-3-5-16(32)6-4-15/h9,11,13,15-16,32H,1-8,12H2/t15-,16-. The van der Waals surface area contributed by atoms with E-state index in [1.54, 1.807) is 4.90 Å². The Morgan fingerprint density at radius 3 is 2.44 bits per heavy atom. The molecule has 2 aromatic rings. The molecule has 34 heavy (non-hydrogen) atoms. The summed E-state index contributed by atoms with van der Waals surface area (Å²) >= 11 is 0. The largest absolute Gasteiger partial charge is 0.419 e. The average Bonchev–Trinajstić information content (AvgIpc) is 3.58. The highest BCUT2D eigenvalue weighted by molar-refractivity contribution is 5.98. The first-order valence-electron chi connectivity index (χ1n) is 11.5. The predicted molar refractivity (Wildman–Crippen MR) is 113 cm³/mol. The number of aromatic nitrogens is 2. The molecule has 3 aliphatic rings. The molecule has 0 aromatic carbocycles. The molecule has 8 nitrogen and oxygen atoms in total. The summed E-state index contributed by atoms with van der Waals surface area (Å²) in [5.74, 6) is -0.978. The van der Waals surface area contributed by atoms with Crippen molar-refractivity contribution in [3.8, 4) is 6.07 Å². The molecular weight excluding hydrogens is 451 g/mol. The van der Waals surface area contributed by atoms with Crippen LogP contribution >= 0.6 is 0 Å². The summed E-state index contributed by atoms with van der Waals surface area (Å²) in [6, 6.07) is 2.91. The van der Waals surface area contributed by atoms with Crippen molar-refractivity contribution in [1.29, 1.82) is 5.26 Å². The third-order valence-electron chi connectivity index (χ3n) is 7.06. The van der Waals surface area contributed by atoms with E-state index < -0.39 is 23.3 Å². The van der Waals surface area contributed by atoms with Crippen LogP contribution in [0.2, 0.25) is 0 Å². The van der Waals surface area contributed by atoms with E-state index in [9.17, 15) is 33.1 Å². The van der Waals surface area contributed by atoms with Crippen LogP contribution in [0.1, 0.15) is 71.8 Å². The maximum absolute atomic E-state index is 13.8. The van der Waals surface area contributed by atoms with Crippen LogP contribution in [0.3, 0.4) is 0 Å². The summed E-state index contributed by atoms with van der Waals surface area (Å²) in [4.78, 5) is 32.9. The third-order valence-corrected chi connectivity index (χ3v) is 7.06. The molecule has 3 heterocycles. The molecule has 2 aliphatic carbocycles. The van der Waals surface area contributed by atoms with Gasteiger partial charge in [0.05, 0.1) is 11.7 Å². The SMILES string of the molecule is N#Cc1c(C(=O)N2CCN([C@H]3CC[C@H](O)CC3)C(=O)C2)nc2c(C(F)(F)F)cc(C3CC3)cn12. The van der Waals surface area contributed by atoms with Crippen LogP contribution in [0.4, 0.5) is 13.2 Å². The second-order valence-electron chi connectivity index (χ2n) is 9.35. The second-order valence-corrected chi connectivity index (χ2v) is 9.35. The zero-order chi connectivity index (χ0) is 24.2. The van der Waals surface area contributed by atoms with Gasteiger partial charge in [0.25, 0.3) is 5.91 Å². The number of hydrogen-bond acceptors (Lipinski definition) is 5. The maximum atomic E-state index is 13.8. The Morgan fingerprint density at radius 1 is 1.15 bits per heavy atom. The molecule has 0 bridgehead atoms. The lowest BCUT2D eigenvalue weighted by Gasteiger charge is -2.41. The summed E-state index contributed by atoms with van der Waals surface area (Å²) < 4.78 is 42.4. The molecule has 1 saturated heterocycles. The number of hydrogen-bond donors (Lipinski definition) is 1. The molecule has 11 heteroatoms. The summed E-state index contributed by atoms with van der Waals surface area (Å²) in [6.07, 6.45) is 0.587. The van der Waals surface area contributed by atoms with Crippen LogP contribution in [-0.2, 0) is 11.0 Å². The molecule has 1 aliphatic heterocycles. The van der Waals surface area contributed by atoms with Gasteiger partial charge < -0.3 is 14.9 Å². The molecule has 2 saturated carbocycles. The Bertz CT molecular complexity index is 1190. The maximum Gasteiger partial charge on any atom is 0.419 e. The van der Waals surface area contributed by atoms with Gasteiger partial charge in [-0.2, -0.15) is 18.4 Å². The molecule has 0 unspecified atom stereocenters. The third kappa shape index (κ3) is 4.00. The van der Waals surface area contributed by atoms with Gasteiger partial charge in [-0.3, -0.25) is 14.0 Å². The fourth-order valence-electron chi connectivity index (χ4n) is 5.04. The van der Waals surface area contributed by atoms with E-state index in [1.165, 1.54) is 11.1 Å². The zero-order valence-electron chi connectivity index (χ0n) is 18.4. The number of aliphatic hydroxyl groups is 1. The highest BCUT2D eigenvalue weighted by Gasteiger charge is 2.39. The van der Waals surface area contributed by atoms with E-state index >= 15 is 0 Å². The number of nitriles is 1. The second kappa shape index (κ2) is 8.27. The number of fused-ring (bicyclic) bond motifs is 1. The Hall–Kier alpha value is -3.13. The van der Waals surface area contributed by atoms with Gasteiger partial charge in [0.1, 0.15) is 12.6 Å². The van der Waals surface area contributed by atoms with Gasteiger partial charge in [-0.25, -0.2) is 4.98 Å². The minimum Gasteiger partial charge on any atom is -0.393 e. The van der Waals surface area contributed by atoms with E-state index in [1.807, 2.05) is 6.07 Å². The molecule has 0 spiro atoms. The smallest absolute Gasteiger partial charge is 0.393 e. The predicted octanol–water partition coefficient (Wildman–Crippen LogP) is 2.69. The molecular formula is C23H24F3N5O3. The van der Waals surface area contributed by atoms with Crippen molar-refractivity contribution in [2.45, 2.75) is 62.8 Å². The highest BCUT2D eigenvalue weighted by Crippen LogP contribution is 2.43. The Kier molecular flexibility index (Phi) is 5.51. The van der Waals surface area contributed by atoms with E-state index in [0.29, 0.717) is 37.8 Å². The fraction of sp³-hybridized carbons (Fsp3) is 0.565. The van der Waals surface area contributed by atoms with Crippen LogP contribution < -0.4 is 0 Å². The molecule has 0 atom stereocenters. The van der Waals surface area contributed by atoms with Crippen LogP contribution in [0.25, 0.3) is 5.65 Å². The first-order chi connectivity index (χ1) is 16.2. The lowest BCUT2D eigenvalue weighted by atomic mass is 9.91. The van der Waals surface area contributed by atoms with E-state index in [-0.39, 0.29) is 48.4 Å². The average molecular weight is 475 g/mol.